The number of nitrogens with zero attached hydrogens (tertiary/aromatic N) is 2. The Balaban J connectivity index is 1.63. The molecule has 1 aliphatic heterocycles. The number of rotatable bonds is 4. The molecule has 2 aromatic carbocycles. The van der Waals surface area contributed by atoms with Gasteiger partial charge in [-0.1, -0.05) is 40.9 Å². The minimum absolute atomic E-state index is 0.0637. The van der Waals surface area contributed by atoms with Gasteiger partial charge in [0.1, 0.15) is 6.54 Å². The van der Waals surface area contributed by atoms with Crippen molar-refractivity contribution in [3.63, 3.8) is 0 Å². The number of hydrogen-bond donors (Lipinski definition) is 1. The predicted molar refractivity (Wildman–Crippen MR) is 101 cm³/mol. The molecule has 0 atom stereocenters. The maximum absolute atomic E-state index is 12.5. The summed E-state index contributed by atoms with van der Waals surface area (Å²) in [5.41, 5.74) is 1.16. The van der Waals surface area contributed by atoms with Crippen LogP contribution in [-0.4, -0.2) is 36.5 Å². The number of amides is 3. The van der Waals surface area contributed by atoms with Gasteiger partial charge in [-0.15, -0.1) is 0 Å². The molecule has 25 heavy (non-hydrogen) atoms. The summed E-state index contributed by atoms with van der Waals surface area (Å²) in [7, 11) is 0. The Labute approximate surface area is 160 Å². The van der Waals surface area contributed by atoms with Crippen molar-refractivity contribution < 1.29 is 9.59 Å². The summed E-state index contributed by atoms with van der Waals surface area (Å²) in [6.45, 7) is 0.898. The summed E-state index contributed by atoms with van der Waals surface area (Å²) in [5, 5.41) is 3.90. The van der Waals surface area contributed by atoms with Crippen LogP contribution < -0.4 is 10.2 Å². The van der Waals surface area contributed by atoms with Gasteiger partial charge in [0.25, 0.3) is 0 Å². The molecule has 3 amide bonds. The fourth-order valence-electron chi connectivity index (χ4n) is 2.55. The van der Waals surface area contributed by atoms with Crippen molar-refractivity contribution >= 4 is 58.1 Å². The van der Waals surface area contributed by atoms with Crippen LogP contribution in [0.2, 0.25) is 15.1 Å². The molecule has 5 nitrogen and oxygen atoms in total. The second-order valence-corrected chi connectivity index (χ2v) is 6.70. The van der Waals surface area contributed by atoms with Crippen LogP contribution in [0.15, 0.2) is 42.5 Å². The Bertz CT molecular complexity index is 811. The Morgan fingerprint density at radius 2 is 1.76 bits per heavy atom. The molecule has 1 heterocycles. The van der Waals surface area contributed by atoms with Gasteiger partial charge in [-0.3, -0.25) is 9.69 Å². The summed E-state index contributed by atoms with van der Waals surface area (Å²) >= 11 is 17.8. The average Bonchev–Trinajstić information content (AvgIpc) is 2.93. The first-order chi connectivity index (χ1) is 12.0. The molecule has 0 aliphatic carbocycles. The van der Waals surface area contributed by atoms with Crippen LogP contribution in [0.5, 0.6) is 0 Å². The molecule has 0 radical (unpaired) electrons. The molecule has 0 bridgehead atoms. The highest BCUT2D eigenvalue weighted by molar-refractivity contribution is 6.44. The standard InChI is InChI=1S/C17H14Cl3N3O2/c18-11-4-6-12(7-5-11)23-9-8-22(17(23)25)10-15(24)21-14-3-1-2-13(19)16(14)20/h1-7H,8-10H2,(H,21,24). The Kier molecular flexibility index (Phi) is 5.37. The number of urea groups is 1. The van der Waals surface area contributed by atoms with Crippen molar-refractivity contribution in [3.05, 3.63) is 57.5 Å². The van der Waals surface area contributed by atoms with Gasteiger partial charge in [0, 0.05) is 23.8 Å². The fraction of sp³-hybridized carbons (Fsp3) is 0.176. The number of benzene rings is 2. The lowest BCUT2D eigenvalue weighted by Crippen LogP contribution is -2.37. The van der Waals surface area contributed by atoms with Crippen LogP contribution in [0.4, 0.5) is 16.2 Å². The topological polar surface area (TPSA) is 52.7 Å². The zero-order valence-corrected chi connectivity index (χ0v) is 15.3. The van der Waals surface area contributed by atoms with Crippen LogP contribution in [0.3, 0.4) is 0 Å². The Morgan fingerprint density at radius 3 is 2.48 bits per heavy atom. The van der Waals surface area contributed by atoms with Crippen molar-refractivity contribution in [3.8, 4) is 0 Å². The summed E-state index contributed by atoms with van der Waals surface area (Å²) < 4.78 is 0. The normalized spacial score (nSPS) is 14.1. The van der Waals surface area contributed by atoms with Gasteiger partial charge in [0.15, 0.2) is 0 Å². The SMILES string of the molecule is O=C(CN1CCN(c2ccc(Cl)cc2)C1=O)Nc1cccc(Cl)c1Cl. The van der Waals surface area contributed by atoms with Crippen LogP contribution in [-0.2, 0) is 4.79 Å². The molecule has 1 aliphatic rings. The second-order valence-electron chi connectivity index (χ2n) is 5.48. The van der Waals surface area contributed by atoms with Crippen molar-refractivity contribution in [2.75, 3.05) is 29.9 Å². The first kappa shape index (κ1) is 17.9. The number of anilines is 2. The van der Waals surface area contributed by atoms with Gasteiger partial charge in [0.05, 0.1) is 15.7 Å². The van der Waals surface area contributed by atoms with Gasteiger partial charge < -0.3 is 10.2 Å². The maximum atomic E-state index is 12.5. The fourth-order valence-corrected chi connectivity index (χ4v) is 3.03. The summed E-state index contributed by atoms with van der Waals surface area (Å²) in [6.07, 6.45) is 0. The molecular weight excluding hydrogens is 385 g/mol. The van der Waals surface area contributed by atoms with Gasteiger partial charge in [-0.25, -0.2) is 4.79 Å². The number of nitrogens with one attached hydrogen (secondary N) is 1. The minimum atomic E-state index is -0.338. The van der Waals surface area contributed by atoms with Gasteiger partial charge in [-0.05, 0) is 36.4 Å². The lowest BCUT2D eigenvalue weighted by Gasteiger charge is -2.18. The van der Waals surface area contributed by atoms with E-state index in [2.05, 4.69) is 5.32 Å². The molecule has 8 heteroatoms. The van der Waals surface area contributed by atoms with Crippen molar-refractivity contribution in [2.45, 2.75) is 0 Å². The summed E-state index contributed by atoms with van der Waals surface area (Å²) in [5.74, 6) is -0.338. The van der Waals surface area contributed by atoms with E-state index in [1.165, 1.54) is 4.90 Å². The number of carbonyl (C=O) groups is 2. The average molecular weight is 399 g/mol. The second kappa shape index (κ2) is 7.52. The third kappa shape index (κ3) is 4.00. The minimum Gasteiger partial charge on any atom is -0.323 e. The Hall–Kier alpha value is -1.95. The predicted octanol–water partition coefficient (Wildman–Crippen LogP) is 4.53. The van der Waals surface area contributed by atoms with Gasteiger partial charge >= 0.3 is 6.03 Å². The largest absolute Gasteiger partial charge is 0.325 e. The van der Waals surface area contributed by atoms with E-state index in [1.54, 1.807) is 47.4 Å². The molecule has 1 fully saturated rings. The van der Waals surface area contributed by atoms with E-state index >= 15 is 0 Å². The number of halogens is 3. The van der Waals surface area contributed by atoms with E-state index in [4.69, 9.17) is 34.8 Å². The van der Waals surface area contributed by atoms with E-state index in [-0.39, 0.29) is 23.5 Å². The van der Waals surface area contributed by atoms with Crippen LogP contribution in [0, 0.1) is 0 Å². The zero-order chi connectivity index (χ0) is 18.0. The molecule has 0 aromatic heterocycles. The van der Waals surface area contributed by atoms with Crippen LogP contribution in [0.1, 0.15) is 0 Å². The van der Waals surface area contributed by atoms with E-state index in [0.29, 0.717) is 28.8 Å². The number of hydrogen-bond acceptors (Lipinski definition) is 2. The van der Waals surface area contributed by atoms with Gasteiger partial charge in [-0.2, -0.15) is 0 Å². The molecule has 0 unspecified atom stereocenters. The van der Waals surface area contributed by atoms with Crippen molar-refractivity contribution in [2.24, 2.45) is 0 Å². The van der Waals surface area contributed by atoms with Crippen molar-refractivity contribution in [1.82, 2.24) is 4.90 Å². The lowest BCUT2D eigenvalue weighted by molar-refractivity contribution is -0.116. The summed E-state index contributed by atoms with van der Waals surface area (Å²) in [4.78, 5) is 27.8. The quantitative estimate of drug-likeness (QED) is 0.823. The van der Waals surface area contributed by atoms with E-state index < -0.39 is 0 Å². The van der Waals surface area contributed by atoms with E-state index in [0.717, 1.165) is 5.69 Å². The highest BCUT2D eigenvalue weighted by Gasteiger charge is 2.30. The first-order valence-corrected chi connectivity index (χ1v) is 8.65. The first-order valence-electron chi connectivity index (χ1n) is 7.51. The molecular formula is C17H14Cl3N3O2. The van der Waals surface area contributed by atoms with E-state index in [9.17, 15) is 9.59 Å². The highest BCUT2D eigenvalue weighted by atomic mass is 35.5. The molecule has 0 saturated carbocycles. The van der Waals surface area contributed by atoms with E-state index in [1.807, 2.05) is 0 Å². The molecule has 3 rings (SSSR count). The van der Waals surface area contributed by atoms with Crippen LogP contribution in [0.25, 0.3) is 0 Å². The third-order valence-electron chi connectivity index (χ3n) is 3.79. The number of carbonyl (C=O) groups excluding carboxylic acids is 2. The highest BCUT2D eigenvalue weighted by Crippen LogP contribution is 2.29. The molecule has 0 spiro atoms. The van der Waals surface area contributed by atoms with Gasteiger partial charge in [0.2, 0.25) is 5.91 Å². The molecule has 1 N–H and O–H groups in total. The monoisotopic (exact) mass is 397 g/mol. The maximum Gasteiger partial charge on any atom is 0.325 e. The molecule has 2 aromatic rings. The zero-order valence-electron chi connectivity index (χ0n) is 13.0. The van der Waals surface area contributed by atoms with Crippen molar-refractivity contribution in [1.29, 1.82) is 0 Å². The summed E-state index contributed by atoms with van der Waals surface area (Å²) in [6, 6.07) is 11.7. The third-order valence-corrected chi connectivity index (χ3v) is 4.86. The smallest absolute Gasteiger partial charge is 0.323 e. The lowest BCUT2D eigenvalue weighted by atomic mass is 10.3. The molecule has 130 valence electrons. The van der Waals surface area contributed by atoms with Crippen LogP contribution >= 0.6 is 34.8 Å². The molecule has 1 saturated heterocycles. The Morgan fingerprint density at radius 1 is 1.04 bits per heavy atom.